The summed E-state index contributed by atoms with van der Waals surface area (Å²) in [7, 11) is 1.58. The van der Waals surface area contributed by atoms with Gasteiger partial charge in [-0.15, -0.1) is 0 Å². The summed E-state index contributed by atoms with van der Waals surface area (Å²) in [5.74, 6) is -0.0938. The zero-order valence-corrected chi connectivity index (χ0v) is 9.81. The first-order valence-corrected chi connectivity index (χ1v) is 5.65. The lowest BCUT2D eigenvalue weighted by Crippen LogP contribution is -2.41. The first-order chi connectivity index (χ1) is 8.19. The minimum atomic E-state index is -0.827. The Bertz CT molecular complexity index is 408. The monoisotopic (exact) mass is 236 g/mol. The van der Waals surface area contributed by atoms with Gasteiger partial charge in [0, 0.05) is 13.2 Å². The largest absolute Gasteiger partial charge is 0.497 e. The van der Waals surface area contributed by atoms with E-state index >= 15 is 0 Å². The van der Waals surface area contributed by atoms with Crippen LogP contribution in [0.3, 0.4) is 0 Å². The number of rotatable bonds is 3. The van der Waals surface area contributed by atoms with E-state index in [0.717, 1.165) is 5.56 Å². The lowest BCUT2D eigenvalue weighted by Gasteiger charge is -2.33. The molecule has 1 aromatic rings. The predicted octanol–water partition coefficient (Wildman–Crippen LogP) is 1.83. The van der Waals surface area contributed by atoms with E-state index in [1.54, 1.807) is 13.2 Å². The number of carboxylic acids is 1. The summed E-state index contributed by atoms with van der Waals surface area (Å²) in [4.78, 5) is 11.6. The van der Waals surface area contributed by atoms with Crippen LogP contribution in [0.25, 0.3) is 0 Å². The number of carbonyl (C=O) groups is 1. The fourth-order valence-corrected chi connectivity index (χ4v) is 2.27. The molecule has 4 nitrogen and oxygen atoms in total. The number of carboxylic acid groups (broad SMARTS) is 1. The fourth-order valence-electron chi connectivity index (χ4n) is 2.27. The molecular weight excluding hydrogens is 220 g/mol. The first-order valence-electron chi connectivity index (χ1n) is 5.65. The van der Waals surface area contributed by atoms with Crippen molar-refractivity contribution < 1.29 is 19.4 Å². The Balaban J connectivity index is 2.41. The third-order valence-electron chi connectivity index (χ3n) is 3.38. The number of benzene rings is 1. The Kier molecular flexibility index (Phi) is 3.33. The average molecular weight is 236 g/mol. The Hall–Kier alpha value is -1.55. The molecule has 17 heavy (non-hydrogen) atoms. The van der Waals surface area contributed by atoms with Gasteiger partial charge < -0.3 is 14.6 Å². The van der Waals surface area contributed by atoms with E-state index in [9.17, 15) is 9.90 Å². The third kappa shape index (κ3) is 2.13. The van der Waals surface area contributed by atoms with Crippen molar-refractivity contribution in [1.29, 1.82) is 0 Å². The molecule has 0 aromatic heterocycles. The molecule has 92 valence electrons. The Morgan fingerprint density at radius 1 is 1.41 bits per heavy atom. The second-order valence-corrected chi connectivity index (χ2v) is 4.23. The maximum absolute atomic E-state index is 11.6. The molecule has 1 saturated heterocycles. The van der Waals surface area contributed by atoms with Gasteiger partial charge in [0.05, 0.1) is 12.5 Å². The van der Waals surface area contributed by atoms with Crippen LogP contribution in [0.5, 0.6) is 5.75 Å². The molecule has 1 fully saturated rings. The van der Waals surface area contributed by atoms with Gasteiger partial charge in [0.15, 0.2) is 0 Å². The van der Waals surface area contributed by atoms with E-state index < -0.39 is 11.4 Å². The van der Waals surface area contributed by atoms with Crippen LogP contribution in [-0.4, -0.2) is 31.4 Å². The van der Waals surface area contributed by atoms with Crippen molar-refractivity contribution in [3.05, 3.63) is 29.8 Å². The number of ether oxygens (including phenoxy) is 2. The zero-order valence-electron chi connectivity index (χ0n) is 9.81. The molecule has 0 unspecified atom stereocenters. The van der Waals surface area contributed by atoms with Crippen LogP contribution in [0.1, 0.15) is 18.4 Å². The SMILES string of the molecule is COc1cccc(C2(C(=O)O)CCOCC2)c1. The summed E-state index contributed by atoms with van der Waals surface area (Å²) in [5, 5.41) is 9.51. The van der Waals surface area contributed by atoms with Crippen molar-refractivity contribution in [2.45, 2.75) is 18.3 Å². The van der Waals surface area contributed by atoms with E-state index in [-0.39, 0.29) is 0 Å². The van der Waals surface area contributed by atoms with Gasteiger partial charge in [-0.2, -0.15) is 0 Å². The van der Waals surface area contributed by atoms with E-state index in [0.29, 0.717) is 31.8 Å². The summed E-state index contributed by atoms with van der Waals surface area (Å²) in [6.45, 7) is 0.979. The minimum Gasteiger partial charge on any atom is -0.497 e. The summed E-state index contributed by atoms with van der Waals surface area (Å²) in [6, 6.07) is 7.30. The van der Waals surface area contributed by atoms with Crippen molar-refractivity contribution in [2.75, 3.05) is 20.3 Å². The second kappa shape index (κ2) is 4.75. The summed E-state index contributed by atoms with van der Waals surface area (Å²) in [6.07, 6.45) is 1.02. The van der Waals surface area contributed by atoms with Crippen LogP contribution in [0.4, 0.5) is 0 Å². The normalized spacial score (nSPS) is 18.6. The molecule has 1 heterocycles. The van der Waals surface area contributed by atoms with Crippen molar-refractivity contribution in [1.82, 2.24) is 0 Å². The lowest BCUT2D eigenvalue weighted by molar-refractivity contribution is -0.147. The van der Waals surface area contributed by atoms with Gasteiger partial charge >= 0.3 is 5.97 Å². The molecule has 4 heteroatoms. The molecule has 1 aliphatic heterocycles. The standard InChI is InChI=1S/C13H16O4/c1-16-11-4-2-3-10(9-11)13(12(14)15)5-7-17-8-6-13/h2-4,9H,5-8H2,1H3,(H,14,15). The zero-order chi connectivity index (χ0) is 12.3. The van der Waals surface area contributed by atoms with Crippen molar-refractivity contribution in [3.8, 4) is 5.75 Å². The highest BCUT2D eigenvalue weighted by Gasteiger charge is 2.41. The Morgan fingerprint density at radius 2 is 2.12 bits per heavy atom. The highest BCUT2D eigenvalue weighted by Crippen LogP contribution is 2.36. The molecule has 2 rings (SSSR count). The molecule has 0 atom stereocenters. The smallest absolute Gasteiger partial charge is 0.314 e. The van der Waals surface area contributed by atoms with Crippen molar-refractivity contribution in [3.63, 3.8) is 0 Å². The van der Waals surface area contributed by atoms with Gasteiger partial charge in [-0.3, -0.25) is 4.79 Å². The molecular formula is C13H16O4. The summed E-state index contributed by atoms with van der Waals surface area (Å²) < 4.78 is 10.4. The van der Waals surface area contributed by atoms with Crippen LogP contribution in [-0.2, 0) is 14.9 Å². The van der Waals surface area contributed by atoms with Gasteiger partial charge in [-0.05, 0) is 30.5 Å². The Morgan fingerprint density at radius 3 is 2.71 bits per heavy atom. The maximum atomic E-state index is 11.6. The van der Waals surface area contributed by atoms with Gasteiger partial charge in [0.25, 0.3) is 0 Å². The highest BCUT2D eigenvalue weighted by atomic mass is 16.5. The fraction of sp³-hybridized carbons (Fsp3) is 0.462. The van der Waals surface area contributed by atoms with E-state index in [1.807, 2.05) is 18.2 Å². The lowest BCUT2D eigenvalue weighted by atomic mass is 9.74. The van der Waals surface area contributed by atoms with Crippen LogP contribution >= 0.6 is 0 Å². The van der Waals surface area contributed by atoms with Gasteiger partial charge in [0.1, 0.15) is 5.75 Å². The quantitative estimate of drug-likeness (QED) is 0.869. The number of hydrogen-bond acceptors (Lipinski definition) is 3. The van der Waals surface area contributed by atoms with Crippen LogP contribution in [0.2, 0.25) is 0 Å². The molecule has 1 aromatic carbocycles. The van der Waals surface area contributed by atoms with Crippen molar-refractivity contribution >= 4 is 5.97 Å². The molecule has 0 spiro atoms. The maximum Gasteiger partial charge on any atom is 0.314 e. The highest BCUT2D eigenvalue weighted by molar-refractivity contribution is 5.81. The van der Waals surface area contributed by atoms with Gasteiger partial charge in [-0.1, -0.05) is 12.1 Å². The average Bonchev–Trinajstić information content (AvgIpc) is 2.39. The summed E-state index contributed by atoms with van der Waals surface area (Å²) in [5.41, 5.74) is -0.0278. The second-order valence-electron chi connectivity index (χ2n) is 4.23. The minimum absolute atomic E-state index is 0.490. The van der Waals surface area contributed by atoms with Crippen LogP contribution < -0.4 is 4.74 Å². The first kappa shape index (κ1) is 11.9. The Labute approximate surface area is 100 Å². The van der Waals surface area contributed by atoms with Gasteiger partial charge in [-0.25, -0.2) is 0 Å². The number of aliphatic carboxylic acids is 1. The molecule has 1 N–H and O–H groups in total. The van der Waals surface area contributed by atoms with Crippen LogP contribution in [0.15, 0.2) is 24.3 Å². The van der Waals surface area contributed by atoms with Gasteiger partial charge in [0.2, 0.25) is 0 Å². The molecule has 0 bridgehead atoms. The molecule has 0 aliphatic carbocycles. The molecule has 0 saturated carbocycles. The van der Waals surface area contributed by atoms with Crippen molar-refractivity contribution in [2.24, 2.45) is 0 Å². The van der Waals surface area contributed by atoms with E-state index in [1.165, 1.54) is 0 Å². The topological polar surface area (TPSA) is 55.8 Å². The number of hydrogen-bond donors (Lipinski definition) is 1. The van der Waals surface area contributed by atoms with E-state index in [4.69, 9.17) is 9.47 Å². The third-order valence-corrected chi connectivity index (χ3v) is 3.38. The number of methoxy groups -OCH3 is 1. The molecule has 0 radical (unpaired) electrons. The molecule has 1 aliphatic rings. The van der Waals surface area contributed by atoms with Crippen LogP contribution in [0, 0.1) is 0 Å². The predicted molar refractivity (Wildman–Crippen MR) is 62.4 cm³/mol. The summed E-state index contributed by atoms with van der Waals surface area (Å²) >= 11 is 0. The van der Waals surface area contributed by atoms with E-state index in [2.05, 4.69) is 0 Å². The molecule has 0 amide bonds.